The Bertz CT molecular complexity index is 673. The molecule has 0 spiro atoms. The van der Waals surface area contributed by atoms with E-state index in [1.807, 2.05) is 0 Å². The monoisotopic (exact) mass is 289 g/mol. The maximum absolute atomic E-state index is 13.8. The van der Waals surface area contributed by atoms with Crippen LogP contribution in [0.1, 0.15) is 23.0 Å². The highest BCUT2D eigenvalue weighted by Crippen LogP contribution is 2.33. The molecular weight excluding hydrogens is 278 g/mol. The Labute approximate surface area is 111 Å². The number of esters is 1. The van der Waals surface area contributed by atoms with Crippen LogP contribution in [-0.2, 0) is 18.0 Å². The van der Waals surface area contributed by atoms with E-state index in [0.29, 0.717) is 6.07 Å². The molecule has 0 aliphatic rings. The molecule has 2 aromatic rings. The molecule has 0 amide bonds. The minimum absolute atomic E-state index is 0.0000690. The average molecular weight is 289 g/mol. The molecule has 1 heterocycles. The number of rotatable bonds is 2. The van der Waals surface area contributed by atoms with E-state index in [-0.39, 0.29) is 23.2 Å². The maximum atomic E-state index is 13.8. The topological polar surface area (TPSA) is 31.2 Å². The van der Waals surface area contributed by atoms with Crippen LogP contribution in [0.2, 0.25) is 0 Å². The van der Waals surface area contributed by atoms with Crippen LogP contribution in [0.25, 0.3) is 10.9 Å². The zero-order valence-electron chi connectivity index (χ0n) is 10.7. The molecular formula is C13H11F4NO2. The quantitative estimate of drug-likeness (QED) is 0.625. The molecule has 0 aliphatic heterocycles. The predicted molar refractivity (Wildman–Crippen MR) is 63.8 cm³/mol. The number of aromatic nitrogens is 1. The lowest BCUT2D eigenvalue weighted by molar-refractivity contribution is -0.137. The lowest BCUT2D eigenvalue weighted by atomic mass is 10.1. The fraction of sp³-hybridized carbons (Fsp3) is 0.308. The smallest absolute Gasteiger partial charge is 0.416 e. The molecule has 0 atom stereocenters. The third-order valence-electron chi connectivity index (χ3n) is 2.92. The van der Waals surface area contributed by atoms with Crippen molar-refractivity contribution in [2.24, 2.45) is 7.05 Å². The largest absolute Gasteiger partial charge is 0.461 e. The van der Waals surface area contributed by atoms with Gasteiger partial charge in [0.25, 0.3) is 0 Å². The minimum atomic E-state index is -4.65. The summed E-state index contributed by atoms with van der Waals surface area (Å²) in [6, 6.07) is 2.40. The molecule has 3 nitrogen and oxygen atoms in total. The van der Waals surface area contributed by atoms with Crippen molar-refractivity contribution in [3.63, 3.8) is 0 Å². The number of ether oxygens (including phenoxy) is 1. The molecule has 1 aromatic heterocycles. The number of benzene rings is 1. The van der Waals surface area contributed by atoms with Crippen molar-refractivity contribution < 1.29 is 27.1 Å². The lowest BCUT2D eigenvalue weighted by Gasteiger charge is -2.08. The van der Waals surface area contributed by atoms with E-state index in [0.717, 1.165) is 6.07 Å². The van der Waals surface area contributed by atoms with Crippen molar-refractivity contribution in [2.75, 3.05) is 6.61 Å². The summed E-state index contributed by atoms with van der Waals surface area (Å²) in [5.41, 5.74) is -1.11. The summed E-state index contributed by atoms with van der Waals surface area (Å²) in [6.45, 7) is 1.72. The fourth-order valence-electron chi connectivity index (χ4n) is 1.95. The Morgan fingerprint density at radius 3 is 2.50 bits per heavy atom. The maximum Gasteiger partial charge on any atom is 0.416 e. The van der Waals surface area contributed by atoms with Crippen LogP contribution < -0.4 is 0 Å². The molecule has 2 rings (SSSR count). The molecule has 0 N–H and O–H groups in total. The second-order valence-electron chi connectivity index (χ2n) is 4.20. The van der Waals surface area contributed by atoms with Crippen molar-refractivity contribution in [3.05, 3.63) is 35.3 Å². The SMILES string of the molecule is CCOC(=O)c1cc2c(F)cc(C(F)(F)F)cc2n1C. The predicted octanol–water partition coefficient (Wildman–Crippen LogP) is 3.51. The summed E-state index contributed by atoms with van der Waals surface area (Å²) >= 11 is 0. The van der Waals surface area contributed by atoms with E-state index in [9.17, 15) is 22.4 Å². The van der Waals surface area contributed by atoms with Crippen molar-refractivity contribution in [3.8, 4) is 0 Å². The number of hydrogen-bond donors (Lipinski definition) is 0. The van der Waals surface area contributed by atoms with Gasteiger partial charge in [-0.2, -0.15) is 13.2 Å². The van der Waals surface area contributed by atoms with Gasteiger partial charge in [-0.3, -0.25) is 0 Å². The Morgan fingerprint density at radius 1 is 1.30 bits per heavy atom. The molecule has 0 saturated carbocycles. The first-order valence-electron chi connectivity index (χ1n) is 5.79. The molecule has 7 heteroatoms. The molecule has 1 aromatic carbocycles. The van der Waals surface area contributed by atoms with E-state index < -0.39 is 23.5 Å². The van der Waals surface area contributed by atoms with Gasteiger partial charge in [-0.05, 0) is 25.1 Å². The first kappa shape index (κ1) is 14.4. The van der Waals surface area contributed by atoms with Gasteiger partial charge in [-0.25, -0.2) is 9.18 Å². The third kappa shape index (κ3) is 2.35. The number of fused-ring (bicyclic) bond motifs is 1. The van der Waals surface area contributed by atoms with Crippen LogP contribution in [0.4, 0.5) is 17.6 Å². The first-order valence-corrected chi connectivity index (χ1v) is 5.79. The average Bonchev–Trinajstić information content (AvgIpc) is 2.67. The molecule has 108 valence electrons. The van der Waals surface area contributed by atoms with Crippen LogP contribution in [0.3, 0.4) is 0 Å². The third-order valence-corrected chi connectivity index (χ3v) is 2.92. The highest BCUT2D eigenvalue weighted by molar-refractivity contribution is 5.96. The van der Waals surface area contributed by atoms with E-state index >= 15 is 0 Å². The number of aryl methyl sites for hydroxylation is 1. The molecule has 0 aliphatic carbocycles. The molecule has 0 bridgehead atoms. The van der Waals surface area contributed by atoms with Crippen LogP contribution in [-0.4, -0.2) is 17.1 Å². The highest BCUT2D eigenvalue weighted by atomic mass is 19.4. The van der Waals surface area contributed by atoms with Gasteiger partial charge in [0.05, 0.1) is 17.7 Å². The summed E-state index contributed by atoms with van der Waals surface area (Å²) in [5, 5.41) is -0.0523. The van der Waals surface area contributed by atoms with E-state index in [1.165, 1.54) is 17.7 Å². The number of halogens is 4. The van der Waals surface area contributed by atoms with Crippen molar-refractivity contribution in [1.29, 1.82) is 0 Å². The van der Waals surface area contributed by atoms with Crippen LogP contribution in [0.15, 0.2) is 18.2 Å². The number of nitrogens with zero attached hydrogens (tertiary/aromatic N) is 1. The van der Waals surface area contributed by atoms with Crippen LogP contribution in [0.5, 0.6) is 0 Å². The standard InChI is InChI=1S/C13H11F4NO2/c1-3-20-12(19)11-6-8-9(14)4-7(13(15,16)17)5-10(8)18(11)2/h4-6H,3H2,1-2H3. The Kier molecular flexibility index (Phi) is 3.45. The lowest BCUT2D eigenvalue weighted by Crippen LogP contribution is -2.10. The summed E-state index contributed by atoms with van der Waals surface area (Å²) in [6.07, 6.45) is -4.65. The summed E-state index contributed by atoms with van der Waals surface area (Å²) in [7, 11) is 1.38. The second kappa shape index (κ2) is 4.81. The Morgan fingerprint density at radius 2 is 1.95 bits per heavy atom. The van der Waals surface area contributed by atoms with Gasteiger partial charge in [-0.1, -0.05) is 0 Å². The van der Waals surface area contributed by atoms with E-state index in [1.54, 1.807) is 6.92 Å². The molecule has 0 unspecified atom stereocenters. The van der Waals surface area contributed by atoms with Crippen molar-refractivity contribution in [2.45, 2.75) is 13.1 Å². The van der Waals surface area contributed by atoms with Gasteiger partial charge in [-0.15, -0.1) is 0 Å². The summed E-state index contributed by atoms with van der Waals surface area (Å²) in [4.78, 5) is 11.6. The van der Waals surface area contributed by atoms with Gasteiger partial charge in [0, 0.05) is 12.4 Å². The summed E-state index contributed by atoms with van der Waals surface area (Å²) in [5.74, 6) is -1.74. The Hall–Kier alpha value is -2.05. The summed E-state index contributed by atoms with van der Waals surface area (Å²) < 4.78 is 57.6. The molecule has 0 radical (unpaired) electrons. The number of carbonyl (C=O) groups excluding carboxylic acids is 1. The zero-order chi connectivity index (χ0) is 15.1. The van der Waals surface area contributed by atoms with Crippen LogP contribution in [0, 0.1) is 5.82 Å². The number of hydrogen-bond acceptors (Lipinski definition) is 2. The zero-order valence-corrected chi connectivity index (χ0v) is 10.7. The van der Waals surface area contributed by atoms with Gasteiger partial charge < -0.3 is 9.30 Å². The normalized spacial score (nSPS) is 11.9. The van der Waals surface area contributed by atoms with E-state index in [4.69, 9.17) is 4.74 Å². The number of carbonyl (C=O) groups is 1. The first-order chi connectivity index (χ1) is 9.25. The van der Waals surface area contributed by atoms with Crippen molar-refractivity contribution in [1.82, 2.24) is 4.57 Å². The van der Waals surface area contributed by atoms with Gasteiger partial charge >= 0.3 is 12.1 Å². The van der Waals surface area contributed by atoms with Gasteiger partial charge in [0.15, 0.2) is 0 Å². The highest BCUT2D eigenvalue weighted by Gasteiger charge is 2.32. The molecule has 0 fully saturated rings. The number of alkyl halides is 3. The fourth-order valence-corrected chi connectivity index (χ4v) is 1.95. The second-order valence-corrected chi connectivity index (χ2v) is 4.20. The minimum Gasteiger partial charge on any atom is -0.461 e. The van der Waals surface area contributed by atoms with Crippen LogP contribution >= 0.6 is 0 Å². The van der Waals surface area contributed by atoms with Gasteiger partial charge in [0.1, 0.15) is 11.5 Å². The van der Waals surface area contributed by atoms with E-state index in [2.05, 4.69) is 0 Å². The van der Waals surface area contributed by atoms with Crippen molar-refractivity contribution >= 4 is 16.9 Å². The van der Waals surface area contributed by atoms with Gasteiger partial charge in [0.2, 0.25) is 0 Å². The Balaban J connectivity index is 2.66. The molecule has 20 heavy (non-hydrogen) atoms. The molecule has 0 saturated heterocycles.